The summed E-state index contributed by atoms with van der Waals surface area (Å²) in [6.07, 6.45) is 4.28. The first-order valence-electron chi connectivity index (χ1n) is 5.72. The summed E-state index contributed by atoms with van der Waals surface area (Å²) in [5.74, 6) is -0.138. The summed E-state index contributed by atoms with van der Waals surface area (Å²) in [6.45, 7) is 2.95. The Balaban J connectivity index is 1.95. The molecule has 1 aliphatic rings. The van der Waals surface area contributed by atoms with Crippen molar-refractivity contribution in [1.82, 2.24) is 10.2 Å². The van der Waals surface area contributed by atoms with Crippen molar-refractivity contribution >= 4 is 5.97 Å². The Morgan fingerprint density at radius 2 is 2.33 bits per heavy atom. The highest BCUT2D eigenvalue weighted by Crippen LogP contribution is 2.16. The third-order valence-corrected chi connectivity index (χ3v) is 3.06. The van der Waals surface area contributed by atoms with Crippen LogP contribution in [0.25, 0.3) is 0 Å². The fraction of sp³-hybridized carbons (Fsp3) is 0.909. The Morgan fingerprint density at radius 3 is 2.93 bits per heavy atom. The van der Waals surface area contributed by atoms with Crippen LogP contribution < -0.4 is 5.32 Å². The highest BCUT2D eigenvalue weighted by Gasteiger charge is 2.19. The lowest BCUT2D eigenvalue weighted by Crippen LogP contribution is -2.29. The maximum atomic E-state index is 10.8. The second kappa shape index (κ2) is 6.80. The van der Waals surface area contributed by atoms with Gasteiger partial charge in [0.25, 0.3) is 0 Å². The molecular weight excluding hydrogens is 192 g/mol. The maximum Gasteiger partial charge on any atom is 0.306 e. The van der Waals surface area contributed by atoms with Crippen molar-refractivity contribution in [3.63, 3.8) is 0 Å². The largest absolute Gasteiger partial charge is 0.469 e. The average molecular weight is 214 g/mol. The molecule has 1 N–H and O–H groups in total. The minimum atomic E-state index is -0.138. The van der Waals surface area contributed by atoms with Gasteiger partial charge in [-0.15, -0.1) is 0 Å². The highest BCUT2D eigenvalue weighted by molar-refractivity contribution is 5.69. The third kappa shape index (κ3) is 4.62. The number of likely N-dealkylation sites (tertiary alicyclic amines) is 1. The number of nitrogens with one attached hydrogen (secondary N) is 1. The van der Waals surface area contributed by atoms with Gasteiger partial charge in [-0.05, 0) is 39.4 Å². The van der Waals surface area contributed by atoms with Crippen molar-refractivity contribution in [2.45, 2.75) is 31.7 Å². The topological polar surface area (TPSA) is 41.6 Å². The highest BCUT2D eigenvalue weighted by atomic mass is 16.5. The zero-order valence-corrected chi connectivity index (χ0v) is 9.79. The van der Waals surface area contributed by atoms with E-state index in [0.29, 0.717) is 6.42 Å². The van der Waals surface area contributed by atoms with Gasteiger partial charge in [0.2, 0.25) is 0 Å². The molecule has 1 atom stereocenters. The predicted octanol–water partition coefficient (Wildman–Crippen LogP) is 0.623. The molecule has 1 aliphatic heterocycles. The summed E-state index contributed by atoms with van der Waals surface area (Å²) in [7, 11) is 3.61. The first-order valence-corrected chi connectivity index (χ1v) is 5.72. The second-order valence-electron chi connectivity index (χ2n) is 4.14. The summed E-state index contributed by atoms with van der Waals surface area (Å²) < 4.78 is 4.56. The van der Waals surface area contributed by atoms with Gasteiger partial charge in [0.1, 0.15) is 0 Å². The van der Waals surface area contributed by atoms with E-state index in [1.165, 1.54) is 32.9 Å². The quantitative estimate of drug-likeness (QED) is 0.520. The first-order chi connectivity index (χ1) is 7.24. The number of nitrogens with zero attached hydrogens (tertiary/aromatic N) is 1. The first kappa shape index (κ1) is 12.5. The lowest BCUT2D eigenvalue weighted by molar-refractivity contribution is -0.140. The molecule has 0 saturated carbocycles. The fourth-order valence-corrected chi connectivity index (χ4v) is 2.03. The van der Waals surface area contributed by atoms with Crippen LogP contribution in [0.1, 0.15) is 25.7 Å². The van der Waals surface area contributed by atoms with Crippen molar-refractivity contribution in [3.8, 4) is 0 Å². The number of methoxy groups -OCH3 is 1. The molecule has 1 saturated heterocycles. The minimum Gasteiger partial charge on any atom is -0.469 e. The maximum absolute atomic E-state index is 10.8. The summed E-state index contributed by atoms with van der Waals surface area (Å²) >= 11 is 0. The number of ether oxygens (including phenoxy) is 1. The van der Waals surface area contributed by atoms with Gasteiger partial charge < -0.3 is 15.0 Å². The van der Waals surface area contributed by atoms with Gasteiger partial charge in [0.05, 0.1) is 13.5 Å². The molecule has 0 aromatic carbocycles. The van der Waals surface area contributed by atoms with Crippen LogP contribution in [0.2, 0.25) is 0 Å². The van der Waals surface area contributed by atoms with Crippen LogP contribution in [0, 0.1) is 0 Å². The molecule has 0 amide bonds. The monoisotopic (exact) mass is 214 g/mol. The van der Waals surface area contributed by atoms with E-state index >= 15 is 0 Å². The van der Waals surface area contributed by atoms with Gasteiger partial charge in [0.15, 0.2) is 0 Å². The van der Waals surface area contributed by atoms with Crippen LogP contribution in [0.3, 0.4) is 0 Å². The number of esters is 1. The van der Waals surface area contributed by atoms with Crippen LogP contribution in [-0.2, 0) is 9.53 Å². The lowest BCUT2D eigenvalue weighted by Gasteiger charge is -2.19. The predicted molar refractivity (Wildman–Crippen MR) is 59.8 cm³/mol. The van der Waals surface area contributed by atoms with Gasteiger partial charge in [-0.3, -0.25) is 4.79 Å². The van der Waals surface area contributed by atoms with Crippen LogP contribution in [-0.4, -0.2) is 50.7 Å². The van der Waals surface area contributed by atoms with Crippen molar-refractivity contribution in [2.75, 3.05) is 33.8 Å². The van der Waals surface area contributed by atoms with Crippen molar-refractivity contribution in [3.05, 3.63) is 0 Å². The van der Waals surface area contributed by atoms with Gasteiger partial charge >= 0.3 is 5.97 Å². The Hall–Kier alpha value is -0.610. The normalized spacial score (nSPS) is 21.9. The van der Waals surface area contributed by atoms with Crippen molar-refractivity contribution < 1.29 is 9.53 Å². The molecule has 88 valence electrons. The summed E-state index contributed by atoms with van der Waals surface area (Å²) in [4.78, 5) is 13.2. The third-order valence-electron chi connectivity index (χ3n) is 3.06. The molecule has 0 aliphatic carbocycles. The van der Waals surface area contributed by atoms with E-state index in [0.717, 1.165) is 19.1 Å². The zero-order valence-electron chi connectivity index (χ0n) is 9.79. The fourth-order valence-electron chi connectivity index (χ4n) is 2.03. The number of carbonyl (C=O) groups is 1. The van der Waals surface area contributed by atoms with Crippen LogP contribution in [0.15, 0.2) is 0 Å². The van der Waals surface area contributed by atoms with E-state index in [9.17, 15) is 4.79 Å². The van der Waals surface area contributed by atoms with Gasteiger partial charge in [-0.25, -0.2) is 0 Å². The summed E-state index contributed by atoms with van der Waals surface area (Å²) in [5.41, 5.74) is 0. The molecule has 0 spiro atoms. The molecule has 0 aromatic heterocycles. The summed E-state index contributed by atoms with van der Waals surface area (Å²) in [6, 6.07) is 0.732. The molecule has 0 radical (unpaired) electrons. The Labute approximate surface area is 92.0 Å². The smallest absolute Gasteiger partial charge is 0.306 e. The Morgan fingerprint density at radius 1 is 1.53 bits per heavy atom. The number of hydrogen-bond acceptors (Lipinski definition) is 4. The molecule has 1 heterocycles. The number of hydrogen-bond donors (Lipinski definition) is 1. The van der Waals surface area contributed by atoms with E-state index in [1.807, 2.05) is 0 Å². The molecule has 4 nitrogen and oxygen atoms in total. The van der Waals surface area contributed by atoms with Crippen molar-refractivity contribution in [2.24, 2.45) is 0 Å². The standard InChI is InChI=1S/C11H22N2O2/c1-13-9-3-4-10(13)5-7-12-8-6-11(14)15-2/h10,12H,3-9H2,1-2H3. The van der Waals surface area contributed by atoms with Crippen LogP contribution in [0.5, 0.6) is 0 Å². The van der Waals surface area contributed by atoms with E-state index in [4.69, 9.17) is 0 Å². The molecule has 0 bridgehead atoms. The van der Waals surface area contributed by atoms with Crippen molar-refractivity contribution in [1.29, 1.82) is 0 Å². The summed E-state index contributed by atoms with van der Waals surface area (Å²) in [5, 5.41) is 3.27. The average Bonchev–Trinajstić information content (AvgIpc) is 2.63. The lowest BCUT2D eigenvalue weighted by atomic mass is 10.1. The Kier molecular flexibility index (Phi) is 5.65. The van der Waals surface area contributed by atoms with Gasteiger partial charge in [0, 0.05) is 12.6 Å². The van der Waals surface area contributed by atoms with E-state index in [-0.39, 0.29) is 5.97 Å². The molecule has 1 fully saturated rings. The molecule has 1 unspecified atom stereocenters. The molecule has 15 heavy (non-hydrogen) atoms. The molecule has 1 rings (SSSR count). The molecule has 4 heteroatoms. The van der Waals surface area contributed by atoms with Gasteiger partial charge in [-0.2, -0.15) is 0 Å². The van der Waals surface area contributed by atoms with E-state index in [1.54, 1.807) is 0 Å². The van der Waals surface area contributed by atoms with E-state index < -0.39 is 0 Å². The zero-order chi connectivity index (χ0) is 11.1. The minimum absolute atomic E-state index is 0.138. The molecular formula is C11H22N2O2. The number of carbonyl (C=O) groups excluding carboxylic acids is 1. The number of rotatable bonds is 6. The van der Waals surface area contributed by atoms with Crippen LogP contribution >= 0.6 is 0 Å². The molecule has 0 aromatic rings. The van der Waals surface area contributed by atoms with Gasteiger partial charge in [-0.1, -0.05) is 0 Å². The second-order valence-corrected chi connectivity index (χ2v) is 4.14. The van der Waals surface area contributed by atoms with Crippen LogP contribution in [0.4, 0.5) is 0 Å². The SMILES string of the molecule is COC(=O)CCNCCC1CCCN1C. The van der Waals surface area contributed by atoms with E-state index in [2.05, 4.69) is 22.0 Å². The Bertz CT molecular complexity index is 197.